The summed E-state index contributed by atoms with van der Waals surface area (Å²) in [5.74, 6) is 1.25. The van der Waals surface area contributed by atoms with Crippen LogP contribution >= 0.6 is 11.6 Å². The van der Waals surface area contributed by atoms with Gasteiger partial charge in [-0.25, -0.2) is 4.98 Å². The first-order valence-corrected chi connectivity index (χ1v) is 6.66. The second kappa shape index (κ2) is 7.24. The average molecular weight is 293 g/mol. The number of nitrogens with zero attached hydrogens (tertiary/aromatic N) is 1. The lowest BCUT2D eigenvalue weighted by Crippen LogP contribution is -2.07. The Bertz CT molecular complexity index is 576. The molecule has 4 nitrogen and oxygen atoms in total. The molecular weight excluding hydrogens is 276 g/mol. The van der Waals surface area contributed by atoms with E-state index in [-0.39, 0.29) is 0 Å². The van der Waals surface area contributed by atoms with Crippen LogP contribution in [0.1, 0.15) is 11.3 Å². The van der Waals surface area contributed by atoms with Gasteiger partial charge < -0.3 is 14.8 Å². The average Bonchev–Trinajstić information content (AvgIpc) is 2.44. The van der Waals surface area contributed by atoms with E-state index in [1.165, 1.54) is 0 Å². The zero-order valence-corrected chi connectivity index (χ0v) is 12.3. The maximum atomic E-state index is 6.07. The third-order valence-corrected chi connectivity index (χ3v) is 3.01. The quantitative estimate of drug-likeness (QED) is 0.886. The lowest BCUT2D eigenvalue weighted by Gasteiger charge is -2.09. The molecular formula is C15H17ClN2O2. The summed E-state index contributed by atoms with van der Waals surface area (Å²) in [6.07, 6.45) is 0. The number of hydrogen-bond acceptors (Lipinski definition) is 4. The number of nitrogens with one attached hydrogen (secondary N) is 1. The molecule has 1 aromatic carbocycles. The van der Waals surface area contributed by atoms with E-state index in [4.69, 9.17) is 21.1 Å². The van der Waals surface area contributed by atoms with Crippen LogP contribution < -0.4 is 10.1 Å². The first-order chi connectivity index (χ1) is 9.72. The van der Waals surface area contributed by atoms with E-state index >= 15 is 0 Å². The maximum absolute atomic E-state index is 6.07. The normalized spacial score (nSPS) is 10.6. The first kappa shape index (κ1) is 14.8. The van der Waals surface area contributed by atoms with E-state index in [0.717, 1.165) is 17.0 Å². The zero-order valence-electron chi connectivity index (χ0n) is 11.5. The van der Waals surface area contributed by atoms with Crippen LogP contribution in [-0.4, -0.2) is 19.1 Å². The van der Waals surface area contributed by atoms with Crippen LogP contribution in [-0.2, 0) is 17.9 Å². The van der Waals surface area contributed by atoms with E-state index in [9.17, 15) is 0 Å². The Morgan fingerprint density at radius 3 is 2.85 bits per heavy atom. The Balaban J connectivity index is 2.17. The van der Waals surface area contributed by atoms with E-state index in [0.29, 0.717) is 24.1 Å². The van der Waals surface area contributed by atoms with Crippen molar-refractivity contribution in [1.82, 2.24) is 10.3 Å². The molecule has 0 unspecified atom stereocenters. The number of methoxy groups -OCH3 is 1. The molecule has 0 fully saturated rings. The fourth-order valence-corrected chi connectivity index (χ4v) is 1.97. The molecule has 2 rings (SSSR count). The summed E-state index contributed by atoms with van der Waals surface area (Å²) in [4.78, 5) is 4.39. The number of aromatic nitrogens is 1. The summed E-state index contributed by atoms with van der Waals surface area (Å²) < 4.78 is 10.9. The van der Waals surface area contributed by atoms with Gasteiger partial charge in [-0.2, -0.15) is 0 Å². The van der Waals surface area contributed by atoms with Gasteiger partial charge in [-0.15, -0.1) is 0 Å². The minimum absolute atomic E-state index is 0.522. The second-order valence-electron chi connectivity index (χ2n) is 4.29. The third kappa shape index (κ3) is 3.93. The van der Waals surface area contributed by atoms with Gasteiger partial charge in [-0.3, -0.25) is 0 Å². The smallest absolute Gasteiger partial charge is 0.219 e. The standard InChI is InChI=1S/C15H17ClN2O2/c1-17-9-14-13(16)6-7-15(18-14)20-12-5-3-4-11(8-12)10-19-2/h3-8,17H,9-10H2,1-2H3. The van der Waals surface area contributed by atoms with E-state index in [1.54, 1.807) is 19.2 Å². The fraction of sp³-hybridized carbons (Fsp3) is 0.267. The van der Waals surface area contributed by atoms with Crippen molar-refractivity contribution in [3.63, 3.8) is 0 Å². The van der Waals surface area contributed by atoms with Crippen molar-refractivity contribution in [2.45, 2.75) is 13.2 Å². The van der Waals surface area contributed by atoms with Gasteiger partial charge in [0.1, 0.15) is 5.75 Å². The van der Waals surface area contributed by atoms with Gasteiger partial charge in [-0.1, -0.05) is 23.7 Å². The minimum Gasteiger partial charge on any atom is -0.439 e. The number of hydrogen-bond donors (Lipinski definition) is 1. The van der Waals surface area contributed by atoms with Gasteiger partial charge in [0.25, 0.3) is 0 Å². The molecule has 20 heavy (non-hydrogen) atoms. The Kier molecular flexibility index (Phi) is 5.35. The molecule has 0 aliphatic heterocycles. The van der Waals surface area contributed by atoms with Crippen molar-refractivity contribution >= 4 is 11.6 Å². The highest BCUT2D eigenvalue weighted by atomic mass is 35.5. The summed E-state index contributed by atoms with van der Waals surface area (Å²) in [6, 6.07) is 11.3. The molecule has 0 bridgehead atoms. The Hall–Kier alpha value is -1.62. The first-order valence-electron chi connectivity index (χ1n) is 6.28. The van der Waals surface area contributed by atoms with Crippen molar-refractivity contribution in [2.75, 3.05) is 14.2 Å². The van der Waals surface area contributed by atoms with Gasteiger partial charge in [0.05, 0.1) is 17.3 Å². The van der Waals surface area contributed by atoms with Crippen LogP contribution in [0.4, 0.5) is 0 Å². The summed E-state index contributed by atoms with van der Waals surface area (Å²) in [5, 5.41) is 3.65. The van der Waals surface area contributed by atoms with Crippen LogP contribution in [0, 0.1) is 0 Å². The molecule has 106 valence electrons. The molecule has 5 heteroatoms. The molecule has 0 saturated heterocycles. The highest BCUT2D eigenvalue weighted by Crippen LogP contribution is 2.24. The summed E-state index contributed by atoms with van der Waals surface area (Å²) in [5.41, 5.74) is 1.81. The Morgan fingerprint density at radius 2 is 2.10 bits per heavy atom. The number of ether oxygens (including phenoxy) is 2. The van der Waals surface area contributed by atoms with Crippen molar-refractivity contribution in [3.05, 3.63) is 52.7 Å². The summed E-state index contributed by atoms with van der Waals surface area (Å²) in [6.45, 7) is 1.15. The topological polar surface area (TPSA) is 43.4 Å². The van der Waals surface area contributed by atoms with Gasteiger partial charge in [0, 0.05) is 19.7 Å². The SMILES string of the molecule is CNCc1nc(Oc2cccc(COC)c2)ccc1Cl. The number of benzene rings is 1. The molecule has 0 radical (unpaired) electrons. The van der Waals surface area contributed by atoms with Crippen LogP contribution in [0.5, 0.6) is 11.6 Å². The van der Waals surface area contributed by atoms with E-state index < -0.39 is 0 Å². The molecule has 0 amide bonds. The molecule has 1 heterocycles. The molecule has 0 spiro atoms. The van der Waals surface area contributed by atoms with Crippen molar-refractivity contribution < 1.29 is 9.47 Å². The molecule has 1 aromatic heterocycles. The van der Waals surface area contributed by atoms with Crippen LogP contribution in [0.3, 0.4) is 0 Å². The lowest BCUT2D eigenvalue weighted by molar-refractivity contribution is 0.184. The molecule has 0 aliphatic carbocycles. The number of pyridine rings is 1. The molecule has 1 N–H and O–H groups in total. The molecule has 2 aromatic rings. The van der Waals surface area contributed by atoms with Crippen molar-refractivity contribution in [2.24, 2.45) is 0 Å². The van der Waals surface area contributed by atoms with Gasteiger partial charge >= 0.3 is 0 Å². The van der Waals surface area contributed by atoms with E-state index in [2.05, 4.69) is 10.3 Å². The van der Waals surface area contributed by atoms with Gasteiger partial charge in [-0.05, 0) is 30.8 Å². The monoisotopic (exact) mass is 292 g/mol. The summed E-state index contributed by atoms with van der Waals surface area (Å²) in [7, 11) is 3.51. The van der Waals surface area contributed by atoms with E-state index in [1.807, 2.05) is 31.3 Å². The molecule has 0 saturated carbocycles. The molecule has 0 atom stereocenters. The Morgan fingerprint density at radius 1 is 1.25 bits per heavy atom. The highest BCUT2D eigenvalue weighted by Gasteiger charge is 2.05. The fourth-order valence-electron chi connectivity index (χ4n) is 1.80. The number of halogens is 1. The Labute approximate surface area is 123 Å². The highest BCUT2D eigenvalue weighted by molar-refractivity contribution is 6.31. The zero-order chi connectivity index (χ0) is 14.4. The predicted octanol–water partition coefficient (Wildman–Crippen LogP) is 3.39. The number of rotatable bonds is 6. The largest absolute Gasteiger partial charge is 0.439 e. The second-order valence-corrected chi connectivity index (χ2v) is 4.70. The van der Waals surface area contributed by atoms with Crippen molar-refractivity contribution in [1.29, 1.82) is 0 Å². The van der Waals surface area contributed by atoms with Crippen LogP contribution in [0.25, 0.3) is 0 Å². The minimum atomic E-state index is 0.522. The lowest BCUT2D eigenvalue weighted by atomic mass is 10.2. The van der Waals surface area contributed by atoms with Crippen molar-refractivity contribution in [3.8, 4) is 11.6 Å². The van der Waals surface area contributed by atoms with Gasteiger partial charge in [0.15, 0.2) is 0 Å². The van der Waals surface area contributed by atoms with Crippen LogP contribution in [0.2, 0.25) is 5.02 Å². The van der Waals surface area contributed by atoms with Gasteiger partial charge in [0.2, 0.25) is 5.88 Å². The van der Waals surface area contributed by atoms with Crippen LogP contribution in [0.15, 0.2) is 36.4 Å². The third-order valence-electron chi connectivity index (χ3n) is 2.67. The predicted molar refractivity (Wildman–Crippen MR) is 79.2 cm³/mol. The maximum Gasteiger partial charge on any atom is 0.219 e. The summed E-state index contributed by atoms with van der Waals surface area (Å²) >= 11 is 6.07. The molecule has 0 aliphatic rings.